The van der Waals surface area contributed by atoms with Crippen LogP contribution < -0.4 is 0 Å². The Kier molecular flexibility index (Phi) is 4.08. The highest BCUT2D eigenvalue weighted by atomic mass is 16.8. The monoisotopic (exact) mass is 220 g/mol. The van der Waals surface area contributed by atoms with Crippen LogP contribution in [0.25, 0.3) is 0 Å². The van der Waals surface area contributed by atoms with Crippen molar-refractivity contribution in [1.82, 2.24) is 0 Å². The molecule has 90 valence electrons. The Morgan fingerprint density at radius 3 is 2.00 bits per heavy atom. The van der Waals surface area contributed by atoms with Crippen molar-refractivity contribution in [3.63, 3.8) is 0 Å². The summed E-state index contributed by atoms with van der Waals surface area (Å²) < 4.78 is 10.9. The van der Waals surface area contributed by atoms with Crippen LogP contribution in [0.1, 0.15) is 27.2 Å². The van der Waals surface area contributed by atoms with Crippen molar-refractivity contribution >= 4 is 0 Å². The molecule has 15 heavy (non-hydrogen) atoms. The van der Waals surface area contributed by atoms with E-state index in [1.54, 1.807) is 13.8 Å². The Balaban J connectivity index is 2.74. The third kappa shape index (κ3) is 2.89. The number of hydrogen-bond acceptors (Lipinski definition) is 5. The van der Waals surface area contributed by atoms with Gasteiger partial charge in [0.05, 0.1) is 12.7 Å². The van der Waals surface area contributed by atoms with Gasteiger partial charge in [-0.3, -0.25) is 0 Å². The van der Waals surface area contributed by atoms with Crippen molar-refractivity contribution in [2.24, 2.45) is 0 Å². The maximum absolute atomic E-state index is 9.71. The summed E-state index contributed by atoms with van der Waals surface area (Å²) in [5.41, 5.74) is 0. The van der Waals surface area contributed by atoms with Crippen molar-refractivity contribution in [1.29, 1.82) is 0 Å². The molecule has 0 amide bonds. The van der Waals surface area contributed by atoms with Crippen molar-refractivity contribution in [2.45, 2.75) is 57.4 Å². The van der Waals surface area contributed by atoms with Crippen LogP contribution in [0.2, 0.25) is 0 Å². The van der Waals surface area contributed by atoms with E-state index < -0.39 is 36.8 Å². The van der Waals surface area contributed by atoms with Gasteiger partial charge in [0.1, 0.15) is 18.3 Å². The Hall–Kier alpha value is -0.200. The molecule has 1 aliphatic rings. The highest BCUT2D eigenvalue weighted by Gasteiger charge is 2.47. The first-order valence-electron chi connectivity index (χ1n) is 5.24. The fourth-order valence-electron chi connectivity index (χ4n) is 1.75. The number of aliphatic hydroxyl groups excluding tert-OH is 3. The van der Waals surface area contributed by atoms with Crippen LogP contribution in [0.3, 0.4) is 0 Å². The van der Waals surface area contributed by atoms with Gasteiger partial charge in [-0.2, -0.15) is 0 Å². The van der Waals surface area contributed by atoms with E-state index in [1.165, 1.54) is 0 Å². The molecule has 0 spiro atoms. The predicted octanol–water partition coefficient (Wildman–Crippen LogP) is -0.369. The van der Waals surface area contributed by atoms with Gasteiger partial charge >= 0.3 is 0 Å². The van der Waals surface area contributed by atoms with Crippen LogP contribution in [0.4, 0.5) is 0 Å². The average molecular weight is 220 g/mol. The van der Waals surface area contributed by atoms with Crippen LogP contribution >= 0.6 is 0 Å². The summed E-state index contributed by atoms with van der Waals surface area (Å²) in [6.07, 6.45) is -2.48. The Bertz CT molecular complexity index is 186. The Labute approximate surface area is 89.6 Å². The minimum atomic E-state index is -1.03. The smallest absolute Gasteiger partial charge is 0.164 e. The molecule has 0 aromatic heterocycles. The van der Waals surface area contributed by atoms with Gasteiger partial charge in [0.2, 0.25) is 0 Å². The van der Waals surface area contributed by atoms with Crippen LogP contribution in [0.5, 0.6) is 0 Å². The van der Waals surface area contributed by atoms with E-state index >= 15 is 0 Å². The zero-order valence-corrected chi connectivity index (χ0v) is 9.38. The summed E-state index contributed by atoms with van der Waals surface area (Å²) in [6.45, 7) is 4.84. The zero-order valence-electron chi connectivity index (χ0n) is 9.38. The maximum Gasteiger partial charge on any atom is 0.164 e. The van der Waals surface area contributed by atoms with E-state index in [9.17, 15) is 10.2 Å². The Morgan fingerprint density at radius 1 is 1.13 bits per heavy atom. The number of hydrogen-bond donors (Lipinski definition) is 3. The molecular formula is C10H20O5. The molecule has 1 rings (SSSR count). The molecule has 0 aromatic carbocycles. The lowest BCUT2D eigenvalue weighted by molar-refractivity contribution is -0.162. The molecule has 1 aliphatic heterocycles. The second-order valence-electron chi connectivity index (χ2n) is 4.29. The summed E-state index contributed by atoms with van der Waals surface area (Å²) >= 11 is 0. The first-order valence-corrected chi connectivity index (χ1v) is 5.24. The maximum atomic E-state index is 9.71. The SMILES string of the molecule is CC[C@@H](O)[C@H]1OC(C)(C)OC1[C@H](O)CO. The van der Waals surface area contributed by atoms with Crippen LogP contribution in [-0.2, 0) is 9.47 Å². The van der Waals surface area contributed by atoms with E-state index in [-0.39, 0.29) is 0 Å². The van der Waals surface area contributed by atoms with E-state index in [4.69, 9.17) is 14.6 Å². The van der Waals surface area contributed by atoms with Crippen LogP contribution in [0, 0.1) is 0 Å². The molecule has 3 N–H and O–H groups in total. The predicted molar refractivity (Wildman–Crippen MR) is 53.2 cm³/mol. The minimum Gasteiger partial charge on any atom is -0.394 e. The highest BCUT2D eigenvalue weighted by Crippen LogP contribution is 2.32. The molecule has 0 aliphatic carbocycles. The molecule has 5 heteroatoms. The van der Waals surface area contributed by atoms with Gasteiger partial charge in [0, 0.05) is 0 Å². The lowest BCUT2D eigenvalue weighted by Crippen LogP contribution is -2.43. The molecule has 1 heterocycles. The van der Waals surface area contributed by atoms with Crippen LogP contribution in [-0.4, -0.2) is 52.1 Å². The number of aliphatic hydroxyl groups is 3. The topological polar surface area (TPSA) is 79.2 Å². The average Bonchev–Trinajstić information content (AvgIpc) is 2.52. The molecule has 0 aromatic rings. The number of ether oxygens (including phenoxy) is 2. The number of rotatable bonds is 4. The molecule has 1 saturated heterocycles. The van der Waals surface area contributed by atoms with Gasteiger partial charge in [-0.25, -0.2) is 0 Å². The van der Waals surface area contributed by atoms with Gasteiger partial charge < -0.3 is 24.8 Å². The van der Waals surface area contributed by atoms with Crippen molar-refractivity contribution < 1.29 is 24.8 Å². The molecule has 1 unspecified atom stereocenters. The fraction of sp³-hybridized carbons (Fsp3) is 1.00. The summed E-state index contributed by atoms with van der Waals surface area (Å²) in [7, 11) is 0. The van der Waals surface area contributed by atoms with Gasteiger partial charge in [-0.1, -0.05) is 6.92 Å². The van der Waals surface area contributed by atoms with E-state index in [0.29, 0.717) is 6.42 Å². The largest absolute Gasteiger partial charge is 0.394 e. The van der Waals surface area contributed by atoms with Crippen molar-refractivity contribution in [3.8, 4) is 0 Å². The minimum absolute atomic E-state index is 0.406. The molecule has 0 radical (unpaired) electrons. The second-order valence-corrected chi connectivity index (χ2v) is 4.29. The molecule has 4 atom stereocenters. The summed E-state index contributed by atoms with van der Waals surface area (Å²) in [5, 5.41) is 28.1. The molecule has 1 fully saturated rings. The fourth-order valence-corrected chi connectivity index (χ4v) is 1.75. The van der Waals surface area contributed by atoms with Gasteiger partial charge in [-0.05, 0) is 20.3 Å². The third-order valence-corrected chi connectivity index (χ3v) is 2.53. The van der Waals surface area contributed by atoms with Crippen molar-refractivity contribution in [2.75, 3.05) is 6.61 Å². The lowest BCUT2D eigenvalue weighted by atomic mass is 10.0. The van der Waals surface area contributed by atoms with Gasteiger partial charge in [-0.15, -0.1) is 0 Å². The Morgan fingerprint density at radius 2 is 1.60 bits per heavy atom. The molecule has 0 bridgehead atoms. The summed E-state index contributed by atoms with van der Waals surface area (Å²) in [4.78, 5) is 0. The van der Waals surface area contributed by atoms with E-state index in [0.717, 1.165) is 0 Å². The van der Waals surface area contributed by atoms with Crippen molar-refractivity contribution in [3.05, 3.63) is 0 Å². The van der Waals surface area contributed by atoms with E-state index in [1.807, 2.05) is 6.92 Å². The van der Waals surface area contributed by atoms with Crippen LogP contribution in [0.15, 0.2) is 0 Å². The lowest BCUT2D eigenvalue weighted by Gasteiger charge is -2.23. The normalized spacial score (nSPS) is 34.0. The standard InChI is InChI=1S/C10H20O5/c1-4-6(12)8-9(7(13)5-11)15-10(2,3)14-8/h6-9,11-13H,4-5H2,1-3H3/t6-,7-,8-,9?/m1/s1. The summed E-state index contributed by atoms with van der Waals surface area (Å²) in [5.74, 6) is -0.832. The summed E-state index contributed by atoms with van der Waals surface area (Å²) in [6, 6.07) is 0. The first-order chi connectivity index (χ1) is 6.91. The highest BCUT2D eigenvalue weighted by molar-refractivity contribution is 4.89. The van der Waals surface area contributed by atoms with Gasteiger partial charge in [0.15, 0.2) is 5.79 Å². The molecular weight excluding hydrogens is 200 g/mol. The molecule has 5 nitrogen and oxygen atoms in total. The zero-order chi connectivity index (χ0) is 11.6. The molecule has 0 saturated carbocycles. The second kappa shape index (κ2) is 4.76. The van der Waals surface area contributed by atoms with Gasteiger partial charge in [0.25, 0.3) is 0 Å². The first kappa shape index (κ1) is 12.9. The quantitative estimate of drug-likeness (QED) is 0.602. The third-order valence-electron chi connectivity index (χ3n) is 2.53. The van der Waals surface area contributed by atoms with E-state index in [2.05, 4.69) is 0 Å².